The number of hydrogen-bond donors (Lipinski definition) is 1. The smallest absolute Gasteiger partial charge is 0.272 e. The number of aryl methyl sites for hydroxylation is 1. The van der Waals surface area contributed by atoms with Crippen LogP contribution >= 0.6 is 0 Å². The summed E-state index contributed by atoms with van der Waals surface area (Å²) in [5, 5.41) is 1.37. The molecule has 0 aliphatic carbocycles. The van der Waals surface area contributed by atoms with E-state index in [1.807, 2.05) is 39.8 Å². The Balaban J connectivity index is 2.25. The quantitative estimate of drug-likeness (QED) is 0.869. The number of carbonyl (C=O) groups excluding carboxylic acids is 2. The Labute approximate surface area is 148 Å². The van der Waals surface area contributed by atoms with Crippen LogP contribution in [0.1, 0.15) is 47.1 Å². The summed E-state index contributed by atoms with van der Waals surface area (Å²) in [5.41, 5.74) is 4.12. The van der Waals surface area contributed by atoms with Crippen molar-refractivity contribution in [2.75, 3.05) is 7.11 Å². The predicted molar refractivity (Wildman–Crippen MR) is 97.6 cm³/mol. The van der Waals surface area contributed by atoms with E-state index < -0.39 is 5.54 Å². The average molecular weight is 340 g/mol. The van der Waals surface area contributed by atoms with Crippen molar-refractivity contribution in [3.8, 4) is 5.75 Å². The monoisotopic (exact) mass is 340 g/mol. The van der Waals surface area contributed by atoms with Gasteiger partial charge in [0.15, 0.2) is 0 Å². The third kappa shape index (κ3) is 4.59. The van der Waals surface area contributed by atoms with Gasteiger partial charge in [0.2, 0.25) is 0 Å². The van der Waals surface area contributed by atoms with Crippen LogP contribution in [0.25, 0.3) is 0 Å². The Morgan fingerprint density at radius 1 is 1.00 bits per heavy atom. The molecule has 5 nitrogen and oxygen atoms in total. The summed E-state index contributed by atoms with van der Waals surface area (Å²) in [6.45, 7) is 7.53. The largest absolute Gasteiger partial charge is 0.497 e. The fourth-order valence-electron chi connectivity index (χ4n) is 2.34. The van der Waals surface area contributed by atoms with Gasteiger partial charge in [-0.25, -0.2) is 5.01 Å². The first kappa shape index (κ1) is 18.5. The first-order valence-corrected chi connectivity index (χ1v) is 8.08. The zero-order chi connectivity index (χ0) is 18.6. The minimum absolute atomic E-state index is 0.252. The minimum Gasteiger partial charge on any atom is -0.497 e. The van der Waals surface area contributed by atoms with Crippen LogP contribution < -0.4 is 10.2 Å². The van der Waals surface area contributed by atoms with Crippen molar-refractivity contribution in [3.05, 3.63) is 65.2 Å². The molecule has 0 aromatic heterocycles. The number of carbonyl (C=O) groups is 2. The molecule has 25 heavy (non-hydrogen) atoms. The van der Waals surface area contributed by atoms with Crippen molar-refractivity contribution >= 4 is 11.8 Å². The molecule has 0 spiro atoms. The lowest BCUT2D eigenvalue weighted by molar-refractivity contribution is 0.0358. The molecule has 132 valence electrons. The fourth-order valence-corrected chi connectivity index (χ4v) is 2.34. The highest BCUT2D eigenvalue weighted by Crippen LogP contribution is 2.17. The van der Waals surface area contributed by atoms with Gasteiger partial charge in [0, 0.05) is 11.1 Å². The van der Waals surface area contributed by atoms with Crippen LogP contribution in [0.5, 0.6) is 5.75 Å². The number of methoxy groups -OCH3 is 1. The summed E-state index contributed by atoms with van der Waals surface area (Å²) in [6.07, 6.45) is 0. The molecule has 2 rings (SSSR count). The van der Waals surface area contributed by atoms with Crippen LogP contribution in [-0.4, -0.2) is 29.5 Å². The number of amides is 2. The Morgan fingerprint density at radius 3 is 2.16 bits per heavy atom. The van der Waals surface area contributed by atoms with E-state index in [4.69, 9.17) is 4.74 Å². The Kier molecular flexibility index (Phi) is 5.47. The highest BCUT2D eigenvalue weighted by atomic mass is 16.5. The van der Waals surface area contributed by atoms with E-state index in [9.17, 15) is 9.59 Å². The van der Waals surface area contributed by atoms with Gasteiger partial charge < -0.3 is 4.74 Å². The Hall–Kier alpha value is -2.82. The SMILES string of the molecule is COc1ccc(C(=O)NN(C(=O)c2cccc(C)c2)C(C)(C)C)cc1. The molecule has 5 heteroatoms. The van der Waals surface area contributed by atoms with Crippen molar-refractivity contribution in [1.82, 2.24) is 10.4 Å². The summed E-state index contributed by atoms with van der Waals surface area (Å²) in [7, 11) is 1.57. The molecule has 0 heterocycles. The molecule has 0 radical (unpaired) electrons. The first-order chi connectivity index (χ1) is 11.7. The third-order valence-electron chi connectivity index (χ3n) is 3.70. The van der Waals surface area contributed by atoms with E-state index >= 15 is 0 Å². The third-order valence-corrected chi connectivity index (χ3v) is 3.70. The summed E-state index contributed by atoms with van der Waals surface area (Å²) >= 11 is 0. The van der Waals surface area contributed by atoms with Gasteiger partial charge in [-0.05, 0) is 64.1 Å². The maximum Gasteiger partial charge on any atom is 0.272 e. The molecule has 0 bridgehead atoms. The number of benzene rings is 2. The van der Waals surface area contributed by atoms with Crippen molar-refractivity contribution in [2.45, 2.75) is 33.2 Å². The zero-order valence-corrected chi connectivity index (χ0v) is 15.3. The van der Waals surface area contributed by atoms with E-state index in [0.29, 0.717) is 16.9 Å². The Bertz CT molecular complexity index is 761. The van der Waals surface area contributed by atoms with Gasteiger partial charge in [-0.3, -0.25) is 15.0 Å². The maximum atomic E-state index is 12.9. The standard InChI is InChI=1S/C20H24N2O3/c1-14-7-6-8-16(13-14)19(24)22(20(2,3)4)21-18(23)15-9-11-17(25-5)12-10-15/h6-13H,1-5H3,(H,21,23). The topological polar surface area (TPSA) is 58.6 Å². The highest BCUT2D eigenvalue weighted by molar-refractivity contribution is 5.99. The van der Waals surface area contributed by atoms with Crippen LogP contribution in [0, 0.1) is 6.92 Å². The van der Waals surface area contributed by atoms with Crippen LogP contribution in [0.2, 0.25) is 0 Å². The lowest BCUT2D eigenvalue weighted by Crippen LogP contribution is -2.55. The molecular formula is C20H24N2O3. The van der Waals surface area contributed by atoms with E-state index in [1.165, 1.54) is 5.01 Å². The van der Waals surface area contributed by atoms with Gasteiger partial charge in [-0.15, -0.1) is 0 Å². The molecule has 0 aliphatic heterocycles. The Morgan fingerprint density at radius 2 is 1.64 bits per heavy atom. The van der Waals surface area contributed by atoms with Gasteiger partial charge in [0.1, 0.15) is 5.75 Å². The summed E-state index contributed by atoms with van der Waals surface area (Å²) in [6, 6.07) is 14.0. The van der Waals surface area contributed by atoms with Crippen LogP contribution in [0.3, 0.4) is 0 Å². The molecule has 0 fully saturated rings. The molecule has 0 unspecified atom stereocenters. The van der Waals surface area contributed by atoms with Crippen LogP contribution in [0.4, 0.5) is 0 Å². The zero-order valence-electron chi connectivity index (χ0n) is 15.3. The second kappa shape index (κ2) is 7.38. The number of ether oxygens (including phenoxy) is 1. The molecular weight excluding hydrogens is 316 g/mol. The van der Waals surface area contributed by atoms with Gasteiger partial charge in [0.25, 0.3) is 11.8 Å². The van der Waals surface area contributed by atoms with Crippen molar-refractivity contribution in [3.63, 3.8) is 0 Å². The number of hydrogen-bond acceptors (Lipinski definition) is 3. The second-order valence-corrected chi connectivity index (χ2v) is 6.85. The molecule has 0 aliphatic rings. The number of rotatable bonds is 3. The van der Waals surface area contributed by atoms with Crippen molar-refractivity contribution in [2.24, 2.45) is 0 Å². The van der Waals surface area contributed by atoms with Crippen LogP contribution in [0.15, 0.2) is 48.5 Å². The minimum atomic E-state index is -0.580. The highest BCUT2D eigenvalue weighted by Gasteiger charge is 2.29. The summed E-state index contributed by atoms with van der Waals surface area (Å²) < 4.78 is 5.10. The van der Waals surface area contributed by atoms with Crippen LogP contribution in [-0.2, 0) is 0 Å². The number of nitrogens with one attached hydrogen (secondary N) is 1. The van der Waals surface area contributed by atoms with Gasteiger partial charge in [-0.1, -0.05) is 17.7 Å². The lowest BCUT2D eigenvalue weighted by Gasteiger charge is -2.35. The molecule has 0 saturated carbocycles. The summed E-state index contributed by atoms with van der Waals surface area (Å²) in [4.78, 5) is 25.5. The van der Waals surface area contributed by atoms with E-state index in [0.717, 1.165) is 5.56 Å². The lowest BCUT2D eigenvalue weighted by atomic mass is 10.1. The normalized spacial score (nSPS) is 10.9. The van der Waals surface area contributed by atoms with Gasteiger partial charge >= 0.3 is 0 Å². The van der Waals surface area contributed by atoms with Gasteiger partial charge in [-0.2, -0.15) is 0 Å². The maximum absolute atomic E-state index is 12.9. The van der Waals surface area contributed by atoms with Gasteiger partial charge in [0.05, 0.1) is 12.6 Å². The molecule has 0 saturated heterocycles. The van der Waals surface area contributed by atoms with Crippen molar-refractivity contribution in [1.29, 1.82) is 0 Å². The fraction of sp³-hybridized carbons (Fsp3) is 0.300. The average Bonchev–Trinajstić information content (AvgIpc) is 2.58. The predicted octanol–water partition coefficient (Wildman–Crippen LogP) is 3.59. The molecule has 1 N–H and O–H groups in total. The second-order valence-electron chi connectivity index (χ2n) is 6.85. The van der Waals surface area contributed by atoms with E-state index in [2.05, 4.69) is 5.43 Å². The molecule has 2 amide bonds. The first-order valence-electron chi connectivity index (χ1n) is 8.08. The number of hydrazine groups is 1. The summed E-state index contributed by atoms with van der Waals surface area (Å²) in [5.74, 6) is 0.0664. The van der Waals surface area contributed by atoms with E-state index in [-0.39, 0.29) is 11.8 Å². The van der Waals surface area contributed by atoms with Crippen molar-refractivity contribution < 1.29 is 14.3 Å². The molecule has 2 aromatic carbocycles. The number of nitrogens with zero attached hydrogens (tertiary/aromatic N) is 1. The molecule has 0 atom stereocenters. The van der Waals surface area contributed by atoms with E-state index in [1.54, 1.807) is 43.5 Å². The molecule has 2 aromatic rings.